The first-order chi connectivity index (χ1) is 23.9. The summed E-state index contributed by atoms with van der Waals surface area (Å²) >= 11 is 19.9. The molecule has 50 heavy (non-hydrogen) atoms. The van der Waals surface area contributed by atoms with Crippen molar-refractivity contribution in [1.82, 2.24) is 9.91 Å². The van der Waals surface area contributed by atoms with Crippen LogP contribution in [-0.4, -0.2) is 59.4 Å². The number of likely N-dealkylation sites (tertiary alicyclic amines) is 1. The Labute approximate surface area is 314 Å². The number of halogens is 4. The highest BCUT2D eigenvalue weighted by atomic mass is 79.9. The molecule has 0 radical (unpaired) electrons. The fourth-order valence-corrected chi connectivity index (χ4v) is 9.95. The number of methoxy groups -OCH3 is 2. The van der Waals surface area contributed by atoms with Crippen LogP contribution >= 0.6 is 55.1 Å². The Morgan fingerprint density at radius 1 is 0.940 bits per heavy atom. The van der Waals surface area contributed by atoms with Gasteiger partial charge in [0.15, 0.2) is 11.5 Å². The maximum absolute atomic E-state index is 15.4. The highest BCUT2D eigenvalue weighted by Gasteiger charge is 2.70. The number of fused-ring (bicyclic) bond motifs is 4. The summed E-state index contributed by atoms with van der Waals surface area (Å²) in [7, 11) is 2.96. The third-order valence-corrected chi connectivity index (χ3v) is 13.4. The monoisotopic (exact) mass is 845 g/mol. The van der Waals surface area contributed by atoms with Gasteiger partial charge >= 0.3 is 0 Å². The lowest BCUT2D eigenvalue weighted by Gasteiger charge is -2.51. The van der Waals surface area contributed by atoms with Crippen molar-refractivity contribution in [2.45, 2.75) is 31.1 Å². The largest absolute Gasteiger partial charge is 0.503 e. The molecule has 0 aromatic heterocycles. The van der Waals surface area contributed by atoms with Crippen molar-refractivity contribution < 1.29 is 33.8 Å². The zero-order chi connectivity index (χ0) is 35.8. The second-order valence-corrected chi connectivity index (χ2v) is 15.2. The van der Waals surface area contributed by atoms with Crippen molar-refractivity contribution in [3.8, 4) is 17.2 Å². The van der Waals surface area contributed by atoms with Crippen molar-refractivity contribution in [3.05, 3.63) is 90.3 Å². The minimum Gasteiger partial charge on any atom is -0.503 e. The van der Waals surface area contributed by atoms with E-state index in [0.717, 1.165) is 10.6 Å². The van der Waals surface area contributed by atoms with Crippen LogP contribution in [0.2, 0.25) is 10.0 Å². The molecular weight excluding hydrogens is 817 g/mol. The number of hydrogen-bond donors (Lipinski definition) is 2. The number of phenolic OH excluding ortho intramolecular Hbond substituents is 1. The highest BCUT2D eigenvalue weighted by molar-refractivity contribution is 9.13. The van der Waals surface area contributed by atoms with Gasteiger partial charge in [0.2, 0.25) is 11.8 Å². The van der Waals surface area contributed by atoms with E-state index >= 15 is 4.79 Å². The number of hydrogen-bond acceptors (Lipinski definition) is 8. The van der Waals surface area contributed by atoms with Crippen LogP contribution in [0.15, 0.2) is 69.1 Å². The van der Waals surface area contributed by atoms with Gasteiger partial charge in [0.25, 0.3) is 11.8 Å². The third kappa shape index (κ3) is 4.92. The van der Waals surface area contributed by atoms with E-state index in [9.17, 15) is 19.5 Å². The fourth-order valence-electron chi connectivity index (χ4n) is 8.54. The molecule has 2 heterocycles. The Morgan fingerprint density at radius 2 is 1.66 bits per heavy atom. The number of hydrazine groups is 1. The Hall–Kier alpha value is -3.58. The summed E-state index contributed by atoms with van der Waals surface area (Å²) in [4.78, 5) is 59.0. The quantitative estimate of drug-likeness (QED) is 0.188. The van der Waals surface area contributed by atoms with E-state index < -0.39 is 46.8 Å². The number of allylic oxidation sites excluding steroid dienone is 2. The van der Waals surface area contributed by atoms with Crippen LogP contribution in [-0.2, 0) is 24.6 Å². The van der Waals surface area contributed by atoms with E-state index in [4.69, 9.17) is 32.7 Å². The number of phenols is 1. The number of aromatic hydroxyl groups is 1. The van der Waals surface area contributed by atoms with Gasteiger partial charge in [0.05, 0.1) is 52.6 Å². The molecule has 1 saturated carbocycles. The fraction of sp³-hybridized carbons (Fsp3) is 0.333. The highest BCUT2D eigenvalue weighted by Crippen LogP contribution is 2.65. The zero-order valence-corrected chi connectivity index (χ0v) is 31.7. The summed E-state index contributed by atoms with van der Waals surface area (Å²) < 4.78 is 11.8. The van der Waals surface area contributed by atoms with Gasteiger partial charge in [-0.15, -0.1) is 0 Å². The number of amides is 4. The third-order valence-electron chi connectivity index (χ3n) is 10.7. The zero-order valence-electron chi connectivity index (χ0n) is 27.0. The molecule has 4 aliphatic rings. The number of ether oxygens (including phenoxy) is 2. The van der Waals surface area contributed by atoms with Crippen molar-refractivity contribution >= 4 is 84.4 Å². The predicted octanol–water partition coefficient (Wildman–Crippen LogP) is 7.25. The van der Waals surface area contributed by atoms with Crippen LogP contribution in [0.5, 0.6) is 17.2 Å². The topological polar surface area (TPSA) is 125 Å². The number of carbonyl (C=O) groups excluding carboxylic acids is 4. The molecule has 0 spiro atoms. The molecule has 2 aliphatic carbocycles. The molecule has 3 aromatic carbocycles. The van der Waals surface area contributed by atoms with Crippen LogP contribution < -0.4 is 14.9 Å². The number of imide groups is 2. The molecule has 0 unspecified atom stereocenters. The molecule has 10 nitrogen and oxygen atoms in total. The van der Waals surface area contributed by atoms with E-state index in [1.165, 1.54) is 25.2 Å². The van der Waals surface area contributed by atoms with Crippen LogP contribution in [0.4, 0.5) is 5.69 Å². The normalized spacial score (nSPS) is 27.2. The molecule has 3 aromatic rings. The lowest BCUT2D eigenvalue weighted by Crippen LogP contribution is -2.53. The molecule has 2 aliphatic heterocycles. The Morgan fingerprint density at radius 3 is 2.30 bits per heavy atom. The van der Waals surface area contributed by atoms with Gasteiger partial charge in [-0.25, -0.2) is 0 Å². The van der Waals surface area contributed by atoms with Crippen LogP contribution in [0.25, 0.3) is 0 Å². The van der Waals surface area contributed by atoms with Gasteiger partial charge in [-0.2, -0.15) is 5.01 Å². The van der Waals surface area contributed by atoms with Crippen LogP contribution in [0.1, 0.15) is 36.8 Å². The number of rotatable bonds is 7. The van der Waals surface area contributed by atoms with Crippen molar-refractivity contribution in [2.24, 2.45) is 23.7 Å². The summed E-state index contributed by atoms with van der Waals surface area (Å²) in [6, 6.07) is 13.4. The SMILES string of the molecule is CCN1C(=O)[C@H]2[C@H](CC=C3[C@H]2C[C@H]2C(=O)N(Nc4ccc(Cl)cc4Cl)C(=O)[C@@]2(c2ccc(OC)cc2)[C@H]3c2cc(OC)c(O)c(Br)c2Br)C1=O. The first-order valence-corrected chi connectivity index (χ1v) is 18.3. The van der Waals surface area contributed by atoms with E-state index in [1.807, 2.05) is 6.08 Å². The second-order valence-electron chi connectivity index (χ2n) is 12.8. The van der Waals surface area contributed by atoms with Gasteiger partial charge in [-0.1, -0.05) is 47.0 Å². The summed E-state index contributed by atoms with van der Waals surface area (Å²) in [6.07, 6.45) is 2.37. The minimum absolute atomic E-state index is 0.122. The van der Waals surface area contributed by atoms with Crippen LogP contribution in [0, 0.1) is 23.7 Å². The molecule has 0 bridgehead atoms. The summed E-state index contributed by atoms with van der Waals surface area (Å²) in [5.41, 5.74) is 3.53. The lowest BCUT2D eigenvalue weighted by molar-refractivity contribution is -0.141. The number of nitrogens with zero attached hydrogens (tertiary/aromatic N) is 2. The molecule has 6 atom stereocenters. The summed E-state index contributed by atoms with van der Waals surface area (Å²) in [5.74, 6) is -4.77. The first-order valence-electron chi connectivity index (χ1n) is 15.9. The maximum atomic E-state index is 15.4. The Kier molecular flexibility index (Phi) is 8.98. The van der Waals surface area contributed by atoms with Crippen molar-refractivity contribution in [2.75, 3.05) is 26.2 Å². The van der Waals surface area contributed by atoms with E-state index in [2.05, 4.69) is 37.3 Å². The molecule has 260 valence electrons. The van der Waals surface area contributed by atoms with Gasteiger partial charge in [-0.3, -0.25) is 29.5 Å². The average molecular weight is 848 g/mol. The van der Waals surface area contributed by atoms with E-state index in [-0.39, 0.29) is 52.2 Å². The first kappa shape index (κ1) is 34.9. The Bertz CT molecular complexity index is 2010. The molecule has 2 saturated heterocycles. The molecule has 4 amide bonds. The standard InChI is InChI=1S/C36H31Br2Cl2N3O7/c1-4-42-32(45)20-11-10-19-21(27(20)34(42)47)14-23-33(46)43(41-25-12-7-17(39)13-24(25)40)35(48)36(23,16-5-8-18(49-2)9-6-16)28(19)22-15-26(50-3)31(44)30(38)29(22)37/h5-10,12-13,15,20-21,23,27-28,41,44H,4,11,14H2,1-3H3/t20-,21+,23-,27-,28+,36+/m0/s1. The minimum atomic E-state index is -1.58. The van der Waals surface area contributed by atoms with Gasteiger partial charge < -0.3 is 14.6 Å². The number of benzene rings is 3. The predicted molar refractivity (Wildman–Crippen MR) is 193 cm³/mol. The van der Waals surface area contributed by atoms with E-state index in [1.54, 1.807) is 49.4 Å². The summed E-state index contributed by atoms with van der Waals surface area (Å²) in [6.45, 7) is 2.00. The number of anilines is 1. The van der Waals surface area contributed by atoms with Crippen LogP contribution in [0.3, 0.4) is 0 Å². The maximum Gasteiger partial charge on any atom is 0.260 e. The number of nitrogens with one attached hydrogen (secondary N) is 1. The smallest absolute Gasteiger partial charge is 0.260 e. The van der Waals surface area contributed by atoms with Gasteiger partial charge in [0, 0.05) is 22.0 Å². The molecule has 2 N–H and O–H groups in total. The second kappa shape index (κ2) is 12.9. The number of carbonyl (C=O) groups is 4. The van der Waals surface area contributed by atoms with Crippen molar-refractivity contribution in [3.63, 3.8) is 0 Å². The Balaban J connectivity index is 1.52. The lowest BCUT2D eigenvalue weighted by atomic mass is 9.49. The summed E-state index contributed by atoms with van der Waals surface area (Å²) in [5, 5.41) is 12.6. The van der Waals surface area contributed by atoms with E-state index in [0.29, 0.717) is 32.1 Å². The average Bonchev–Trinajstić information content (AvgIpc) is 3.49. The van der Waals surface area contributed by atoms with Crippen molar-refractivity contribution in [1.29, 1.82) is 0 Å². The molecule has 7 rings (SSSR count). The molecule has 3 fully saturated rings. The van der Waals surface area contributed by atoms with Gasteiger partial charge in [0.1, 0.15) is 5.75 Å². The van der Waals surface area contributed by atoms with Gasteiger partial charge in [-0.05, 0) is 105 Å². The molecular formula is C36H31Br2Cl2N3O7. The molecule has 14 heteroatoms.